The fourth-order valence-electron chi connectivity index (χ4n) is 6.59. The van der Waals surface area contributed by atoms with E-state index in [1.54, 1.807) is 17.0 Å². The second-order valence-corrected chi connectivity index (χ2v) is 13.7. The molecule has 2 aromatic carbocycles. The zero-order chi connectivity index (χ0) is 34.0. The van der Waals surface area contributed by atoms with Gasteiger partial charge in [0.25, 0.3) is 11.8 Å². The molecule has 3 saturated heterocycles. The van der Waals surface area contributed by atoms with Crippen LogP contribution in [0.4, 0.5) is 16.2 Å². The number of carbonyl (C=O) groups is 5. The van der Waals surface area contributed by atoms with E-state index in [1.807, 2.05) is 39.0 Å². The number of nitrogens with zero attached hydrogens (tertiary/aromatic N) is 5. The molecule has 0 bridgehead atoms. The smallest absolute Gasteiger partial charge is 0.410 e. The summed E-state index contributed by atoms with van der Waals surface area (Å²) in [5, 5.41) is 2.23. The van der Waals surface area contributed by atoms with Crippen molar-refractivity contribution in [1.29, 1.82) is 0 Å². The van der Waals surface area contributed by atoms with E-state index >= 15 is 0 Å². The van der Waals surface area contributed by atoms with Crippen LogP contribution in [0.1, 0.15) is 60.7 Å². The number of piperazine rings is 2. The van der Waals surface area contributed by atoms with Crippen LogP contribution in [0, 0.1) is 0 Å². The van der Waals surface area contributed by atoms with Gasteiger partial charge in [0.05, 0.1) is 17.7 Å². The number of benzene rings is 2. The van der Waals surface area contributed by atoms with Gasteiger partial charge in [0.2, 0.25) is 11.8 Å². The molecular weight excluding hydrogens is 616 g/mol. The number of imide groups is 2. The molecule has 3 fully saturated rings. The van der Waals surface area contributed by atoms with Gasteiger partial charge in [-0.3, -0.25) is 34.3 Å². The lowest BCUT2D eigenvalue weighted by Crippen LogP contribution is -2.54. The first-order valence-electron chi connectivity index (χ1n) is 16.8. The molecule has 6 rings (SSSR count). The van der Waals surface area contributed by atoms with Crippen molar-refractivity contribution in [2.45, 2.75) is 51.7 Å². The highest BCUT2D eigenvalue weighted by Gasteiger charge is 2.44. The van der Waals surface area contributed by atoms with Crippen molar-refractivity contribution in [3.05, 3.63) is 53.6 Å². The van der Waals surface area contributed by atoms with Crippen LogP contribution in [-0.4, -0.2) is 122 Å². The van der Waals surface area contributed by atoms with Crippen molar-refractivity contribution in [3.8, 4) is 5.75 Å². The van der Waals surface area contributed by atoms with Crippen molar-refractivity contribution >= 4 is 41.1 Å². The summed E-state index contributed by atoms with van der Waals surface area (Å²) < 4.78 is 11.5. The standard InChI is InChI=1S/C35H44N6O7/c1-35(2,3)48-34(46)40-20-18-38(19-21-40)24-5-8-26(9-6-24)47-22-4-13-37-14-16-39(17-15-37)25-7-10-27-28(23-25)33(45)41(32(27)44)29-11-12-30(42)36-31(29)43/h5-10,23,29H,4,11-22H2,1-3H3,(H,36,42,43). The second kappa shape index (κ2) is 13.8. The fraction of sp³-hybridized carbons (Fsp3) is 0.514. The van der Waals surface area contributed by atoms with E-state index in [-0.39, 0.29) is 18.9 Å². The van der Waals surface area contributed by atoms with E-state index in [2.05, 4.69) is 32.1 Å². The molecule has 4 heterocycles. The largest absolute Gasteiger partial charge is 0.494 e. The number of hydrogen-bond donors (Lipinski definition) is 1. The number of ether oxygens (including phenoxy) is 2. The summed E-state index contributed by atoms with van der Waals surface area (Å²) in [6.45, 7) is 13.2. The molecule has 256 valence electrons. The minimum Gasteiger partial charge on any atom is -0.494 e. The van der Waals surface area contributed by atoms with Gasteiger partial charge in [0.15, 0.2) is 0 Å². The molecule has 13 nitrogen and oxygen atoms in total. The monoisotopic (exact) mass is 660 g/mol. The second-order valence-electron chi connectivity index (χ2n) is 13.7. The average molecular weight is 661 g/mol. The van der Waals surface area contributed by atoms with E-state index < -0.39 is 35.3 Å². The highest BCUT2D eigenvalue weighted by atomic mass is 16.6. The lowest BCUT2D eigenvalue weighted by Gasteiger charge is -2.36. The summed E-state index contributed by atoms with van der Waals surface area (Å²) in [7, 11) is 0. The molecule has 0 aliphatic carbocycles. The minimum absolute atomic E-state index is 0.0947. The maximum atomic E-state index is 13.2. The predicted octanol–water partition coefficient (Wildman–Crippen LogP) is 2.74. The first-order valence-corrected chi connectivity index (χ1v) is 16.8. The lowest BCUT2D eigenvalue weighted by molar-refractivity contribution is -0.136. The number of piperidine rings is 1. The molecule has 48 heavy (non-hydrogen) atoms. The zero-order valence-electron chi connectivity index (χ0n) is 27.9. The maximum absolute atomic E-state index is 13.2. The van der Waals surface area contributed by atoms with Crippen LogP contribution in [0.3, 0.4) is 0 Å². The van der Waals surface area contributed by atoms with Gasteiger partial charge in [0.1, 0.15) is 17.4 Å². The van der Waals surface area contributed by atoms with Crippen LogP contribution in [0.15, 0.2) is 42.5 Å². The Morgan fingerprint density at radius 2 is 1.44 bits per heavy atom. The van der Waals surface area contributed by atoms with Gasteiger partial charge in [-0.1, -0.05) is 0 Å². The van der Waals surface area contributed by atoms with Gasteiger partial charge in [-0.05, 0) is 76.1 Å². The molecule has 1 unspecified atom stereocenters. The van der Waals surface area contributed by atoms with Gasteiger partial charge in [0, 0.05) is 76.7 Å². The van der Waals surface area contributed by atoms with Crippen LogP contribution < -0.4 is 19.9 Å². The van der Waals surface area contributed by atoms with Crippen molar-refractivity contribution in [1.82, 2.24) is 20.0 Å². The van der Waals surface area contributed by atoms with E-state index in [1.165, 1.54) is 0 Å². The molecule has 1 atom stereocenters. The Morgan fingerprint density at radius 3 is 2.10 bits per heavy atom. The molecule has 13 heteroatoms. The summed E-state index contributed by atoms with van der Waals surface area (Å²) in [5.41, 5.74) is 2.08. The van der Waals surface area contributed by atoms with Crippen molar-refractivity contribution in [2.24, 2.45) is 0 Å². The van der Waals surface area contributed by atoms with Crippen LogP contribution in [0.25, 0.3) is 0 Å². The fourth-order valence-corrected chi connectivity index (χ4v) is 6.59. The Hall–Kier alpha value is -4.65. The third-order valence-corrected chi connectivity index (χ3v) is 9.18. The summed E-state index contributed by atoms with van der Waals surface area (Å²) in [4.78, 5) is 72.1. The van der Waals surface area contributed by atoms with Crippen LogP contribution >= 0.6 is 0 Å². The molecule has 1 N–H and O–H groups in total. The number of amides is 5. The first-order chi connectivity index (χ1) is 23.0. The molecule has 4 aliphatic heterocycles. The normalized spacial score (nSPS) is 20.6. The predicted molar refractivity (Wildman–Crippen MR) is 178 cm³/mol. The Balaban J connectivity index is 0.912. The Bertz CT molecular complexity index is 1560. The summed E-state index contributed by atoms with van der Waals surface area (Å²) in [6.07, 6.45) is 0.863. The quantitative estimate of drug-likeness (QED) is 0.333. The summed E-state index contributed by atoms with van der Waals surface area (Å²) >= 11 is 0. The molecule has 0 saturated carbocycles. The van der Waals surface area contributed by atoms with Gasteiger partial charge in [-0.25, -0.2) is 4.79 Å². The van der Waals surface area contributed by atoms with E-state index in [9.17, 15) is 24.0 Å². The topological polar surface area (TPSA) is 132 Å². The van der Waals surface area contributed by atoms with E-state index in [0.29, 0.717) is 30.8 Å². The third kappa shape index (κ3) is 7.40. The third-order valence-electron chi connectivity index (χ3n) is 9.18. The SMILES string of the molecule is CC(C)(C)OC(=O)N1CCN(c2ccc(OCCCN3CCN(c4ccc5c(c4)C(=O)N(C4CCC(=O)NC4=O)C5=O)CC3)cc2)CC1. The number of hydrogen-bond acceptors (Lipinski definition) is 10. The van der Waals surface area contributed by atoms with Crippen LogP contribution in [0.5, 0.6) is 5.75 Å². The van der Waals surface area contributed by atoms with Crippen molar-refractivity contribution in [2.75, 3.05) is 75.3 Å². The van der Waals surface area contributed by atoms with Crippen LogP contribution in [-0.2, 0) is 14.3 Å². The highest BCUT2D eigenvalue weighted by Crippen LogP contribution is 2.31. The molecule has 0 aromatic heterocycles. The molecule has 2 aromatic rings. The lowest BCUT2D eigenvalue weighted by atomic mass is 10.0. The first kappa shape index (κ1) is 33.3. The summed E-state index contributed by atoms with van der Waals surface area (Å²) in [5.74, 6) is -1.15. The number of anilines is 2. The highest BCUT2D eigenvalue weighted by molar-refractivity contribution is 6.23. The molecule has 4 aliphatic rings. The average Bonchev–Trinajstić information content (AvgIpc) is 3.31. The molecule has 5 amide bonds. The van der Waals surface area contributed by atoms with Gasteiger partial charge in [-0.2, -0.15) is 0 Å². The van der Waals surface area contributed by atoms with Crippen molar-refractivity contribution in [3.63, 3.8) is 0 Å². The number of carbonyl (C=O) groups excluding carboxylic acids is 5. The Kier molecular flexibility index (Phi) is 9.58. The number of rotatable bonds is 8. The summed E-state index contributed by atoms with van der Waals surface area (Å²) in [6, 6.07) is 12.4. The Labute approximate surface area is 280 Å². The molecule has 0 radical (unpaired) electrons. The minimum atomic E-state index is -0.967. The Morgan fingerprint density at radius 1 is 0.812 bits per heavy atom. The van der Waals surface area contributed by atoms with Crippen LogP contribution in [0.2, 0.25) is 0 Å². The van der Waals surface area contributed by atoms with Gasteiger partial charge < -0.3 is 24.2 Å². The number of nitrogens with one attached hydrogen (secondary N) is 1. The number of fused-ring (bicyclic) bond motifs is 1. The van der Waals surface area contributed by atoms with Crippen molar-refractivity contribution < 1.29 is 33.4 Å². The van der Waals surface area contributed by atoms with E-state index in [4.69, 9.17) is 9.47 Å². The maximum Gasteiger partial charge on any atom is 0.410 e. The van der Waals surface area contributed by atoms with Gasteiger partial charge >= 0.3 is 6.09 Å². The van der Waals surface area contributed by atoms with Gasteiger partial charge in [-0.15, -0.1) is 0 Å². The zero-order valence-corrected chi connectivity index (χ0v) is 27.9. The molecular formula is C35H44N6O7. The molecule has 0 spiro atoms. The van der Waals surface area contributed by atoms with E-state index in [0.717, 1.165) is 74.3 Å².